The van der Waals surface area contributed by atoms with Crippen molar-refractivity contribution >= 4 is 11.5 Å². The van der Waals surface area contributed by atoms with E-state index in [1.165, 1.54) is 0 Å². The molecule has 2 aromatic carbocycles. The van der Waals surface area contributed by atoms with Gasteiger partial charge in [0.25, 0.3) is 0 Å². The lowest BCUT2D eigenvalue weighted by Gasteiger charge is -2.03. The van der Waals surface area contributed by atoms with Gasteiger partial charge in [0.15, 0.2) is 0 Å². The van der Waals surface area contributed by atoms with Crippen LogP contribution >= 0.6 is 0 Å². The quantitative estimate of drug-likeness (QED) is 0.757. The monoisotopic (exact) mass is 237 g/mol. The first-order chi connectivity index (χ1) is 8.93. The Balaban J connectivity index is 1.93. The molecule has 0 aliphatic rings. The second-order valence-electron chi connectivity index (χ2n) is 3.81. The van der Waals surface area contributed by atoms with Gasteiger partial charge in [-0.05, 0) is 12.1 Å². The van der Waals surface area contributed by atoms with Crippen LogP contribution in [0, 0.1) is 0 Å². The molecule has 88 valence electrons. The fraction of sp³-hybridized carbons (Fsp3) is 0. The summed E-state index contributed by atoms with van der Waals surface area (Å²) in [6.07, 6.45) is 0. The summed E-state index contributed by atoms with van der Waals surface area (Å²) in [5.74, 6) is 1.26. The minimum Gasteiger partial charge on any atom is -0.335 e. The lowest BCUT2D eigenvalue weighted by atomic mass is 10.2. The molecule has 0 radical (unpaired) electrons. The van der Waals surface area contributed by atoms with Crippen LogP contribution < -0.4 is 5.32 Å². The number of hydrogen-bond donors (Lipinski definition) is 1. The summed E-state index contributed by atoms with van der Waals surface area (Å²) in [5, 5.41) is 10.8. The summed E-state index contributed by atoms with van der Waals surface area (Å²) in [5.41, 5.74) is 1.89. The van der Waals surface area contributed by atoms with E-state index in [9.17, 15) is 0 Å². The Labute approximate surface area is 104 Å². The molecule has 18 heavy (non-hydrogen) atoms. The van der Waals surface area contributed by atoms with Crippen LogP contribution in [-0.2, 0) is 0 Å². The van der Waals surface area contributed by atoms with Crippen LogP contribution in [-0.4, -0.2) is 10.4 Å². The van der Waals surface area contributed by atoms with Crippen LogP contribution in [0.2, 0.25) is 0 Å². The third-order valence-corrected chi connectivity index (χ3v) is 2.56. The Morgan fingerprint density at radius 2 is 1.50 bits per heavy atom. The van der Waals surface area contributed by atoms with Crippen molar-refractivity contribution in [3.63, 3.8) is 0 Å². The van der Waals surface area contributed by atoms with Crippen molar-refractivity contribution in [1.29, 1.82) is 0 Å². The molecule has 3 aromatic rings. The lowest BCUT2D eigenvalue weighted by molar-refractivity contribution is 0.403. The van der Waals surface area contributed by atoms with Crippen LogP contribution in [0.25, 0.3) is 11.3 Å². The maximum atomic E-state index is 5.20. The zero-order valence-corrected chi connectivity index (χ0v) is 9.58. The maximum Gasteiger partial charge on any atom is 0.211 e. The van der Waals surface area contributed by atoms with E-state index in [4.69, 9.17) is 4.52 Å². The Morgan fingerprint density at radius 1 is 0.833 bits per heavy atom. The molecule has 0 saturated carbocycles. The molecule has 4 nitrogen and oxygen atoms in total. The van der Waals surface area contributed by atoms with Gasteiger partial charge in [-0.1, -0.05) is 53.6 Å². The van der Waals surface area contributed by atoms with Gasteiger partial charge in [-0.3, -0.25) is 0 Å². The molecular formula is C14H11N3O. The van der Waals surface area contributed by atoms with E-state index < -0.39 is 0 Å². The molecule has 0 atom stereocenters. The number of para-hydroxylation sites is 1. The summed E-state index contributed by atoms with van der Waals surface area (Å²) in [6.45, 7) is 0. The first-order valence-electron chi connectivity index (χ1n) is 5.63. The third kappa shape index (κ3) is 2.08. The highest BCUT2D eigenvalue weighted by molar-refractivity contribution is 5.72. The second kappa shape index (κ2) is 4.71. The molecule has 3 rings (SSSR count). The third-order valence-electron chi connectivity index (χ3n) is 2.56. The SMILES string of the molecule is c1ccc(Nc2nnoc2-c2ccccc2)cc1. The first kappa shape index (κ1) is 10.5. The van der Waals surface area contributed by atoms with Crippen molar-refractivity contribution in [3.8, 4) is 11.3 Å². The Kier molecular flexibility index (Phi) is 2.75. The van der Waals surface area contributed by atoms with E-state index >= 15 is 0 Å². The van der Waals surface area contributed by atoms with Crippen LogP contribution in [0.4, 0.5) is 11.5 Å². The minimum atomic E-state index is 0.618. The van der Waals surface area contributed by atoms with Gasteiger partial charge in [0.05, 0.1) is 0 Å². The number of nitrogens with zero attached hydrogens (tertiary/aromatic N) is 2. The summed E-state index contributed by atoms with van der Waals surface area (Å²) in [6, 6.07) is 19.6. The number of rotatable bonds is 3. The van der Waals surface area contributed by atoms with E-state index in [-0.39, 0.29) is 0 Å². The van der Waals surface area contributed by atoms with E-state index in [1.54, 1.807) is 0 Å². The van der Waals surface area contributed by atoms with Gasteiger partial charge in [-0.2, -0.15) is 0 Å². The molecule has 0 bridgehead atoms. The van der Waals surface area contributed by atoms with Crippen LogP contribution in [0.1, 0.15) is 0 Å². The largest absolute Gasteiger partial charge is 0.335 e. The number of aromatic nitrogens is 2. The lowest BCUT2D eigenvalue weighted by Crippen LogP contribution is -1.92. The van der Waals surface area contributed by atoms with Crippen molar-refractivity contribution < 1.29 is 4.52 Å². The fourth-order valence-corrected chi connectivity index (χ4v) is 1.71. The van der Waals surface area contributed by atoms with Gasteiger partial charge in [-0.15, -0.1) is 0 Å². The molecule has 0 fully saturated rings. The number of anilines is 2. The molecule has 0 aliphatic carbocycles. The minimum absolute atomic E-state index is 0.618. The van der Waals surface area contributed by atoms with Crippen LogP contribution in [0.5, 0.6) is 0 Å². The number of hydrogen-bond acceptors (Lipinski definition) is 4. The fourth-order valence-electron chi connectivity index (χ4n) is 1.71. The van der Waals surface area contributed by atoms with Gasteiger partial charge >= 0.3 is 0 Å². The topological polar surface area (TPSA) is 51.0 Å². The molecule has 0 spiro atoms. The molecule has 1 heterocycles. The first-order valence-corrected chi connectivity index (χ1v) is 5.63. The molecule has 0 aliphatic heterocycles. The standard InChI is InChI=1S/C14H11N3O/c1-3-7-11(8-4-1)13-14(16-17-18-13)15-12-9-5-2-6-10-12/h1-10,15H. The highest BCUT2D eigenvalue weighted by Gasteiger charge is 2.12. The summed E-state index contributed by atoms with van der Waals surface area (Å²) in [4.78, 5) is 0. The molecule has 1 N–H and O–H groups in total. The highest BCUT2D eigenvalue weighted by Crippen LogP contribution is 2.27. The average Bonchev–Trinajstić information content (AvgIpc) is 2.89. The summed E-state index contributed by atoms with van der Waals surface area (Å²) >= 11 is 0. The normalized spacial score (nSPS) is 10.2. The van der Waals surface area contributed by atoms with Gasteiger partial charge in [0.2, 0.25) is 11.6 Å². The molecule has 0 saturated heterocycles. The van der Waals surface area contributed by atoms with Crippen molar-refractivity contribution in [3.05, 3.63) is 60.7 Å². The second-order valence-corrected chi connectivity index (χ2v) is 3.81. The zero-order chi connectivity index (χ0) is 12.2. The Hall–Kier alpha value is -2.62. The number of benzene rings is 2. The maximum absolute atomic E-state index is 5.20. The van der Waals surface area contributed by atoms with Crippen LogP contribution in [0.3, 0.4) is 0 Å². The average molecular weight is 237 g/mol. The molecular weight excluding hydrogens is 226 g/mol. The van der Waals surface area contributed by atoms with Crippen LogP contribution in [0.15, 0.2) is 65.2 Å². The van der Waals surface area contributed by atoms with Crippen molar-refractivity contribution in [2.24, 2.45) is 0 Å². The smallest absolute Gasteiger partial charge is 0.211 e. The molecule has 0 unspecified atom stereocenters. The van der Waals surface area contributed by atoms with Gasteiger partial charge in [0.1, 0.15) is 0 Å². The highest BCUT2D eigenvalue weighted by atomic mass is 16.5. The van der Waals surface area contributed by atoms with Crippen molar-refractivity contribution in [2.75, 3.05) is 5.32 Å². The van der Waals surface area contributed by atoms with E-state index in [0.29, 0.717) is 11.6 Å². The Morgan fingerprint density at radius 3 is 2.22 bits per heavy atom. The van der Waals surface area contributed by atoms with Gasteiger partial charge < -0.3 is 9.84 Å². The summed E-state index contributed by atoms with van der Waals surface area (Å²) < 4.78 is 5.20. The van der Waals surface area contributed by atoms with Gasteiger partial charge in [-0.25, -0.2) is 0 Å². The predicted molar refractivity (Wildman–Crippen MR) is 69.5 cm³/mol. The molecule has 4 heteroatoms. The Bertz CT molecular complexity index is 620. The van der Waals surface area contributed by atoms with Crippen molar-refractivity contribution in [1.82, 2.24) is 10.4 Å². The van der Waals surface area contributed by atoms with Gasteiger partial charge in [0, 0.05) is 16.5 Å². The number of nitrogens with one attached hydrogen (secondary N) is 1. The molecule has 1 aromatic heterocycles. The van der Waals surface area contributed by atoms with Crippen molar-refractivity contribution in [2.45, 2.75) is 0 Å². The van der Waals surface area contributed by atoms with E-state index in [2.05, 4.69) is 15.7 Å². The zero-order valence-electron chi connectivity index (χ0n) is 9.58. The molecule has 0 amide bonds. The van der Waals surface area contributed by atoms with E-state index in [1.807, 2.05) is 60.7 Å². The predicted octanol–water partition coefficient (Wildman–Crippen LogP) is 3.48. The summed E-state index contributed by atoms with van der Waals surface area (Å²) in [7, 11) is 0. The van der Waals surface area contributed by atoms with E-state index in [0.717, 1.165) is 11.3 Å².